The van der Waals surface area contributed by atoms with Crippen LogP contribution in [0.3, 0.4) is 0 Å². The third-order valence-corrected chi connectivity index (χ3v) is 3.49. The van der Waals surface area contributed by atoms with Gasteiger partial charge in [0.05, 0.1) is 6.61 Å². The first kappa shape index (κ1) is 20.6. The number of benzene rings is 2. The topological polar surface area (TPSA) is 44.8 Å². The van der Waals surface area contributed by atoms with Gasteiger partial charge in [0.25, 0.3) is 0 Å². The van der Waals surface area contributed by atoms with Gasteiger partial charge in [-0.2, -0.15) is 0 Å². The lowest BCUT2D eigenvalue weighted by atomic mass is 10.1. The monoisotopic (exact) mass is 368 g/mol. The molecule has 144 valence electrons. The van der Waals surface area contributed by atoms with E-state index >= 15 is 0 Å². The minimum Gasteiger partial charge on any atom is -0.489 e. The first-order valence-corrected chi connectivity index (χ1v) is 9.22. The molecule has 0 spiro atoms. The van der Waals surface area contributed by atoms with Gasteiger partial charge < -0.3 is 14.2 Å². The number of rotatable bonds is 8. The molecule has 0 aliphatic heterocycles. The van der Waals surface area contributed by atoms with Crippen molar-refractivity contribution in [2.24, 2.45) is 0 Å². The maximum atomic E-state index is 12.4. The van der Waals surface area contributed by atoms with Crippen LogP contribution < -0.4 is 4.74 Å². The lowest BCUT2D eigenvalue weighted by molar-refractivity contribution is -0.153. The minimum atomic E-state index is -0.569. The Kier molecular flexibility index (Phi) is 7.47. The van der Waals surface area contributed by atoms with Crippen LogP contribution in [-0.4, -0.2) is 18.2 Å². The molecule has 2 rings (SSSR count). The van der Waals surface area contributed by atoms with Crippen LogP contribution in [0.25, 0.3) is 6.08 Å². The van der Waals surface area contributed by atoms with Gasteiger partial charge >= 0.3 is 5.97 Å². The van der Waals surface area contributed by atoms with Crippen LogP contribution in [0.2, 0.25) is 0 Å². The highest BCUT2D eigenvalue weighted by molar-refractivity contribution is 5.91. The van der Waals surface area contributed by atoms with E-state index in [0.29, 0.717) is 13.2 Å². The second kappa shape index (κ2) is 9.81. The summed E-state index contributed by atoms with van der Waals surface area (Å²) in [6, 6.07) is 17.5. The number of carbonyl (C=O) groups excluding carboxylic acids is 1. The summed E-state index contributed by atoms with van der Waals surface area (Å²) in [4.78, 5) is 12.4. The molecule has 0 bridgehead atoms. The molecule has 0 heterocycles. The van der Waals surface area contributed by atoms with Crippen molar-refractivity contribution in [2.75, 3.05) is 6.61 Å². The molecule has 0 saturated heterocycles. The Labute approximate surface area is 161 Å². The van der Waals surface area contributed by atoms with Gasteiger partial charge in [-0.1, -0.05) is 49.4 Å². The van der Waals surface area contributed by atoms with Crippen molar-refractivity contribution in [1.29, 1.82) is 0 Å². The van der Waals surface area contributed by atoms with Crippen LogP contribution in [-0.2, 0) is 20.9 Å². The second-order valence-corrected chi connectivity index (χ2v) is 7.20. The molecule has 27 heavy (non-hydrogen) atoms. The van der Waals surface area contributed by atoms with Crippen LogP contribution in [0.15, 0.2) is 60.4 Å². The van der Waals surface area contributed by atoms with E-state index in [9.17, 15) is 4.79 Å². The fourth-order valence-corrected chi connectivity index (χ4v) is 2.25. The lowest BCUT2D eigenvalue weighted by Crippen LogP contribution is -2.25. The van der Waals surface area contributed by atoms with E-state index < -0.39 is 11.6 Å². The van der Waals surface area contributed by atoms with Crippen LogP contribution >= 0.6 is 0 Å². The zero-order valence-electron chi connectivity index (χ0n) is 16.5. The standard InChI is InChI=1S/C23H28O4/c1-5-15-25-21(22(24)27-23(2,3)4)16-18-11-13-20(14-12-18)26-17-19-9-7-6-8-10-19/h6-14,16H,5,15,17H2,1-4H3/b21-16-. The van der Waals surface area contributed by atoms with E-state index in [-0.39, 0.29) is 5.76 Å². The molecular formula is C23H28O4. The second-order valence-electron chi connectivity index (χ2n) is 7.20. The fourth-order valence-electron chi connectivity index (χ4n) is 2.25. The normalized spacial score (nSPS) is 11.8. The van der Waals surface area contributed by atoms with Crippen LogP contribution in [0.5, 0.6) is 5.75 Å². The lowest BCUT2D eigenvalue weighted by Gasteiger charge is -2.20. The third kappa shape index (κ3) is 7.57. The number of hydrogen-bond donors (Lipinski definition) is 0. The fraction of sp³-hybridized carbons (Fsp3) is 0.348. The molecule has 2 aromatic carbocycles. The largest absolute Gasteiger partial charge is 0.489 e. The van der Waals surface area contributed by atoms with Crippen molar-refractivity contribution in [3.63, 3.8) is 0 Å². The van der Waals surface area contributed by atoms with Crippen LogP contribution in [0.4, 0.5) is 0 Å². The molecule has 0 N–H and O–H groups in total. The molecule has 0 radical (unpaired) electrons. The van der Waals surface area contributed by atoms with Gasteiger partial charge in [0, 0.05) is 0 Å². The van der Waals surface area contributed by atoms with Gasteiger partial charge in [0.2, 0.25) is 5.76 Å². The molecule has 0 aliphatic carbocycles. The summed E-state index contributed by atoms with van der Waals surface area (Å²) in [7, 11) is 0. The van der Waals surface area contributed by atoms with Crippen molar-refractivity contribution in [3.8, 4) is 5.75 Å². The quantitative estimate of drug-likeness (QED) is 0.357. The maximum absolute atomic E-state index is 12.4. The van der Waals surface area contributed by atoms with Gasteiger partial charge in [-0.15, -0.1) is 0 Å². The van der Waals surface area contributed by atoms with Gasteiger partial charge in [-0.25, -0.2) is 4.79 Å². The average Bonchev–Trinajstić information content (AvgIpc) is 2.64. The average molecular weight is 368 g/mol. The first-order chi connectivity index (χ1) is 12.9. The Bertz CT molecular complexity index is 740. The van der Waals surface area contributed by atoms with Crippen molar-refractivity contribution >= 4 is 12.0 Å². The third-order valence-electron chi connectivity index (χ3n) is 3.49. The minimum absolute atomic E-state index is 0.213. The van der Waals surface area contributed by atoms with Gasteiger partial charge in [0.15, 0.2) is 0 Å². The van der Waals surface area contributed by atoms with Crippen molar-refractivity contribution in [3.05, 3.63) is 71.5 Å². The molecule has 0 unspecified atom stereocenters. The summed E-state index contributed by atoms with van der Waals surface area (Å²) in [5.41, 5.74) is 1.39. The Balaban J connectivity index is 2.05. The van der Waals surface area contributed by atoms with Gasteiger partial charge in [-0.05, 0) is 56.5 Å². The summed E-state index contributed by atoms with van der Waals surface area (Å²) in [5, 5.41) is 0. The summed E-state index contributed by atoms with van der Waals surface area (Å²) >= 11 is 0. The summed E-state index contributed by atoms with van der Waals surface area (Å²) in [5.74, 6) is 0.523. The molecule has 0 aromatic heterocycles. The van der Waals surface area contributed by atoms with Crippen LogP contribution in [0.1, 0.15) is 45.2 Å². The molecule has 0 amide bonds. The van der Waals surface area contributed by atoms with Crippen LogP contribution in [0, 0.1) is 0 Å². The van der Waals surface area contributed by atoms with E-state index in [2.05, 4.69) is 0 Å². The highest BCUT2D eigenvalue weighted by atomic mass is 16.6. The van der Waals surface area contributed by atoms with Crippen molar-refractivity contribution in [1.82, 2.24) is 0 Å². The van der Waals surface area contributed by atoms with E-state index in [1.807, 2.05) is 82.3 Å². The van der Waals surface area contributed by atoms with E-state index in [4.69, 9.17) is 14.2 Å². The summed E-state index contributed by atoms with van der Waals surface area (Å²) in [6.07, 6.45) is 2.51. The molecule has 4 nitrogen and oxygen atoms in total. The zero-order valence-corrected chi connectivity index (χ0v) is 16.5. The highest BCUT2D eigenvalue weighted by Gasteiger charge is 2.21. The number of ether oxygens (including phenoxy) is 3. The number of esters is 1. The molecule has 2 aromatic rings. The molecule has 0 aliphatic rings. The highest BCUT2D eigenvalue weighted by Crippen LogP contribution is 2.18. The molecule has 0 fully saturated rings. The number of hydrogen-bond acceptors (Lipinski definition) is 4. The van der Waals surface area contributed by atoms with Crippen molar-refractivity contribution in [2.45, 2.75) is 46.3 Å². The Hall–Kier alpha value is -2.75. The van der Waals surface area contributed by atoms with Gasteiger partial charge in [0.1, 0.15) is 18.0 Å². The smallest absolute Gasteiger partial charge is 0.374 e. The van der Waals surface area contributed by atoms with E-state index in [0.717, 1.165) is 23.3 Å². The Morgan fingerprint density at radius 3 is 2.26 bits per heavy atom. The molecule has 0 atom stereocenters. The van der Waals surface area contributed by atoms with E-state index in [1.165, 1.54) is 0 Å². The maximum Gasteiger partial charge on any atom is 0.374 e. The zero-order chi connectivity index (χ0) is 19.7. The summed E-state index contributed by atoms with van der Waals surface area (Å²) in [6.45, 7) is 8.47. The SMILES string of the molecule is CCCO/C(=C\c1ccc(OCc2ccccc2)cc1)C(=O)OC(C)(C)C. The predicted molar refractivity (Wildman–Crippen MR) is 107 cm³/mol. The van der Waals surface area contributed by atoms with Gasteiger partial charge in [-0.3, -0.25) is 0 Å². The number of carbonyl (C=O) groups is 1. The summed E-state index contributed by atoms with van der Waals surface area (Å²) < 4.78 is 16.8. The van der Waals surface area contributed by atoms with E-state index in [1.54, 1.807) is 6.08 Å². The predicted octanol–water partition coefficient (Wildman–Crippen LogP) is 5.37. The molecule has 0 saturated carbocycles. The van der Waals surface area contributed by atoms with Crippen molar-refractivity contribution < 1.29 is 19.0 Å². The Morgan fingerprint density at radius 2 is 1.67 bits per heavy atom. The first-order valence-electron chi connectivity index (χ1n) is 9.22. The molecule has 4 heteroatoms. The Morgan fingerprint density at radius 1 is 1.00 bits per heavy atom. The molecular weight excluding hydrogens is 340 g/mol.